The third-order valence-corrected chi connectivity index (χ3v) is 4.02. The van der Waals surface area contributed by atoms with Gasteiger partial charge in [0.2, 0.25) is 0 Å². The molecule has 3 unspecified atom stereocenters. The standard InChI is InChI=1S/C14H30N2/c1-5-10-15-11-14(7-3)16-12(4)8-9-13(16)6-2/h12-15H,5-11H2,1-4H3. The van der Waals surface area contributed by atoms with Gasteiger partial charge in [0.05, 0.1) is 0 Å². The van der Waals surface area contributed by atoms with Crippen LogP contribution in [-0.4, -0.2) is 36.1 Å². The van der Waals surface area contributed by atoms with Gasteiger partial charge in [-0.05, 0) is 45.6 Å². The third kappa shape index (κ3) is 3.46. The topological polar surface area (TPSA) is 15.3 Å². The van der Waals surface area contributed by atoms with Gasteiger partial charge in [0.1, 0.15) is 0 Å². The Labute approximate surface area is 102 Å². The molecule has 0 radical (unpaired) electrons. The van der Waals surface area contributed by atoms with E-state index in [1.165, 1.54) is 38.6 Å². The van der Waals surface area contributed by atoms with E-state index in [0.717, 1.165) is 24.7 Å². The summed E-state index contributed by atoms with van der Waals surface area (Å²) in [5, 5.41) is 3.59. The highest BCUT2D eigenvalue weighted by molar-refractivity contribution is 4.89. The molecule has 0 spiro atoms. The largest absolute Gasteiger partial charge is 0.315 e. The molecule has 16 heavy (non-hydrogen) atoms. The van der Waals surface area contributed by atoms with Gasteiger partial charge in [0.15, 0.2) is 0 Å². The van der Waals surface area contributed by atoms with E-state index in [0.29, 0.717) is 0 Å². The van der Waals surface area contributed by atoms with Crippen molar-refractivity contribution < 1.29 is 0 Å². The second-order valence-corrected chi connectivity index (χ2v) is 5.20. The highest BCUT2D eigenvalue weighted by Gasteiger charge is 2.33. The van der Waals surface area contributed by atoms with Crippen LogP contribution in [0.1, 0.15) is 59.8 Å². The minimum Gasteiger partial charge on any atom is -0.315 e. The fraction of sp³-hybridized carbons (Fsp3) is 1.00. The lowest BCUT2D eigenvalue weighted by molar-refractivity contribution is 0.127. The minimum absolute atomic E-state index is 0.744. The van der Waals surface area contributed by atoms with Gasteiger partial charge >= 0.3 is 0 Å². The second kappa shape index (κ2) is 7.29. The van der Waals surface area contributed by atoms with Crippen LogP contribution in [0.3, 0.4) is 0 Å². The molecule has 0 aromatic carbocycles. The van der Waals surface area contributed by atoms with Crippen LogP contribution < -0.4 is 5.32 Å². The summed E-state index contributed by atoms with van der Waals surface area (Å²) in [7, 11) is 0. The van der Waals surface area contributed by atoms with Crippen LogP contribution in [0, 0.1) is 0 Å². The molecular formula is C14H30N2. The van der Waals surface area contributed by atoms with E-state index >= 15 is 0 Å². The van der Waals surface area contributed by atoms with Crippen molar-refractivity contribution in [1.82, 2.24) is 10.2 Å². The smallest absolute Gasteiger partial charge is 0.0223 e. The lowest BCUT2D eigenvalue weighted by Gasteiger charge is -2.35. The Morgan fingerprint density at radius 1 is 1.25 bits per heavy atom. The summed E-state index contributed by atoms with van der Waals surface area (Å²) in [6.45, 7) is 11.6. The first-order valence-corrected chi connectivity index (χ1v) is 7.22. The zero-order valence-electron chi connectivity index (χ0n) is 11.6. The van der Waals surface area contributed by atoms with Gasteiger partial charge in [-0.2, -0.15) is 0 Å². The lowest BCUT2D eigenvalue weighted by atomic mass is 10.1. The molecule has 3 atom stereocenters. The Morgan fingerprint density at radius 3 is 2.56 bits per heavy atom. The van der Waals surface area contributed by atoms with Crippen molar-refractivity contribution in [3.8, 4) is 0 Å². The van der Waals surface area contributed by atoms with Crippen LogP contribution in [0.2, 0.25) is 0 Å². The molecular weight excluding hydrogens is 196 g/mol. The maximum absolute atomic E-state index is 3.59. The highest BCUT2D eigenvalue weighted by atomic mass is 15.2. The average molecular weight is 226 g/mol. The molecule has 0 aromatic rings. The van der Waals surface area contributed by atoms with Crippen molar-refractivity contribution in [1.29, 1.82) is 0 Å². The molecule has 0 aromatic heterocycles. The maximum Gasteiger partial charge on any atom is 0.0223 e. The Kier molecular flexibility index (Phi) is 6.37. The van der Waals surface area contributed by atoms with Crippen LogP contribution >= 0.6 is 0 Å². The molecule has 0 bridgehead atoms. The summed E-state index contributed by atoms with van der Waals surface area (Å²) < 4.78 is 0. The highest BCUT2D eigenvalue weighted by Crippen LogP contribution is 2.28. The van der Waals surface area contributed by atoms with Gasteiger partial charge in [-0.1, -0.05) is 20.8 Å². The number of nitrogens with zero attached hydrogens (tertiary/aromatic N) is 1. The van der Waals surface area contributed by atoms with E-state index in [9.17, 15) is 0 Å². The van der Waals surface area contributed by atoms with Crippen LogP contribution in [0.15, 0.2) is 0 Å². The zero-order chi connectivity index (χ0) is 12.0. The van der Waals surface area contributed by atoms with Gasteiger partial charge in [-0.15, -0.1) is 0 Å². The SMILES string of the molecule is CCCNCC(CC)N1C(C)CCC1CC. The van der Waals surface area contributed by atoms with E-state index in [-0.39, 0.29) is 0 Å². The third-order valence-electron chi connectivity index (χ3n) is 4.02. The van der Waals surface area contributed by atoms with Crippen molar-refractivity contribution in [2.24, 2.45) is 0 Å². The number of likely N-dealkylation sites (tertiary alicyclic amines) is 1. The van der Waals surface area contributed by atoms with Crippen molar-refractivity contribution >= 4 is 0 Å². The van der Waals surface area contributed by atoms with Crippen molar-refractivity contribution in [3.05, 3.63) is 0 Å². The Balaban J connectivity index is 2.48. The molecule has 2 heteroatoms. The molecule has 1 N–H and O–H groups in total. The average Bonchev–Trinajstić information content (AvgIpc) is 2.66. The van der Waals surface area contributed by atoms with Crippen molar-refractivity contribution in [2.45, 2.75) is 77.9 Å². The fourth-order valence-corrected chi connectivity index (χ4v) is 3.07. The van der Waals surface area contributed by atoms with Crippen molar-refractivity contribution in [3.63, 3.8) is 0 Å². The Morgan fingerprint density at radius 2 is 2.00 bits per heavy atom. The zero-order valence-corrected chi connectivity index (χ0v) is 11.6. The summed E-state index contributed by atoms with van der Waals surface area (Å²) in [5.74, 6) is 0. The minimum atomic E-state index is 0.744. The van der Waals surface area contributed by atoms with Gasteiger partial charge in [-0.25, -0.2) is 0 Å². The van der Waals surface area contributed by atoms with E-state index < -0.39 is 0 Å². The summed E-state index contributed by atoms with van der Waals surface area (Å²) >= 11 is 0. The predicted octanol–water partition coefficient (Wildman–Crippen LogP) is 3.03. The fourth-order valence-electron chi connectivity index (χ4n) is 3.07. The van der Waals surface area contributed by atoms with Crippen LogP contribution in [0.25, 0.3) is 0 Å². The van der Waals surface area contributed by atoms with E-state index in [1.807, 2.05) is 0 Å². The van der Waals surface area contributed by atoms with Crippen LogP contribution in [0.4, 0.5) is 0 Å². The second-order valence-electron chi connectivity index (χ2n) is 5.20. The molecule has 96 valence electrons. The van der Waals surface area contributed by atoms with E-state index in [4.69, 9.17) is 0 Å². The molecule has 1 saturated heterocycles. The van der Waals surface area contributed by atoms with E-state index in [1.54, 1.807) is 0 Å². The first kappa shape index (κ1) is 14.0. The lowest BCUT2D eigenvalue weighted by Crippen LogP contribution is -2.47. The van der Waals surface area contributed by atoms with Crippen LogP contribution in [-0.2, 0) is 0 Å². The van der Waals surface area contributed by atoms with Gasteiger partial charge in [0, 0.05) is 24.7 Å². The Bertz CT molecular complexity index is 182. The first-order valence-electron chi connectivity index (χ1n) is 7.22. The maximum atomic E-state index is 3.59. The van der Waals surface area contributed by atoms with Crippen molar-refractivity contribution in [2.75, 3.05) is 13.1 Å². The summed E-state index contributed by atoms with van der Waals surface area (Å²) in [4.78, 5) is 2.78. The van der Waals surface area contributed by atoms with Gasteiger partial charge in [-0.3, -0.25) is 4.90 Å². The number of nitrogens with one attached hydrogen (secondary N) is 1. The summed E-state index contributed by atoms with van der Waals surface area (Å²) in [5.41, 5.74) is 0. The molecule has 0 aliphatic carbocycles. The summed E-state index contributed by atoms with van der Waals surface area (Å²) in [6, 6.07) is 2.37. The molecule has 0 saturated carbocycles. The molecule has 1 heterocycles. The Hall–Kier alpha value is -0.0800. The molecule has 1 aliphatic rings. The number of hydrogen-bond acceptors (Lipinski definition) is 2. The van der Waals surface area contributed by atoms with Gasteiger partial charge < -0.3 is 5.32 Å². The molecule has 2 nitrogen and oxygen atoms in total. The molecule has 1 fully saturated rings. The van der Waals surface area contributed by atoms with Crippen LogP contribution in [0.5, 0.6) is 0 Å². The quantitative estimate of drug-likeness (QED) is 0.671. The number of rotatable bonds is 7. The summed E-state index contributed by atoms with van der Waals surface area (Å²) in [6.07, 6.45) is 6.63. The predicted molar refractivity (Wildman–Crippen MR) is 71.9 cm³/mol. The molecule has 1 aliphatic heterocycles. The molecule has 0 amide bonds. The monoisotopic (exact) mass is 226 g/mol. The first-order chi connectivity index (χ1) is 7.74. The van der Waals surface area contributed by atoms with E-state index in [2.05, 4.69) is 37.9 Å². The normalized spacial score (nSPS) is 28.5. The van der Waals surface area contributed by atoms with Gasteiger partial charge in [0.25, 0.3) is 0 Å². The number of hydrogen-bond donors (Lipinski definition) is 1. The molecule has 1 rings (SSSR count).